The molecule has 140 valence electrons. The van der Waals surface area contributed by atoms with Gasteiger partial charge in [-0.1, -0.05) is 54.2 Å². The quantitative estimate of drug-likeness (QED) is 0.324. The smallest absolute Gasteiger partial charge is 0.263 e. The summed E-state index contributed by atoms with van der Waals surface area (Å²) in [6, 6.07) is 10.3. The van der Waals surface area contributed by atoms with Crippen LogP contribution in [0.5, 0.6) is 0 Å². The molecule has 3 nitrogen and oxygen atoms in total. The Labute approximate surface area is 168 Å². The van der Waals surface area contributed by atoms with Crippen molar-refractivity contribution in [2.75, 3.05) is 5.75 Å². The number of hydrogen-bond donors (Lipinski definition) is 0. The maximum Gasteiger partial charge on any atom is 0.263 e. The molecule has 3 aromatic rings. The largest absolute Gasteiger partial charge is 0.287 e. The van der Waals surface area contributed by atoms with Gasteiger partial charge in [0, 0.05) is 17.2 Å². The van der Waals surface area contributed by atoms with Gasteiger partial charge in [-0.25, -0.2) is 4.98 Å². The van der Waals surface area contributed by atoms with Gasteiger partial charge in [-0.15, -0.1) is 11.3 Å². The maximum atomic E-state index is 13.4. The predicted octanol–water partition coefficient (Wildman–Crippen LogP) is 5.25. The Bertz CT molecular complexity index is 1030. The molecule has 0 radical (unpaired) electrons. The highest BCUT2D eigenvalue weighted by Crippen LogP contribution is 2.34. The van der Waals surface area contributed by atoms with Gasteiger partial charge in [0.05, 0.1) is 5.39 Å². The average Bonchev–Trinajstić information content (AvgIpc) is 3.05. The van der Waals surface area contributed by atoms with Crippen LogP contribution in [0, 0.1) is 0 Å². The van der Waals surface area contributed by atoms with Gasteiger partial charge in [0.15, 0.2) is 5.16 Å². The Morgan fingerprint density at radius 2 is 2.04 bits per heavy atom. The molecule has 0 saturated carbocycles. The van der Waals surface area contributed by atoms with Crippen LogP contribution in [-0.4, -0.2) is 15.3 Å². The molecule has 2 aromatic heterocycles. The number of aromatic nitrogens is 2. The van der Waals surface area contributed by atoms with Crippen molar-refractivity contribution in [3.05, 3.63) is 68.8 Å². The van der Waals surface area contributed by atoms with Crippen LogP contribution in [0.3, 0.4) is 0 Å². The molecule has 1 aliphatic rings. The van der Waals surface area contributed by atoms with Gasteiger partial charge >= 0.3 is 0 Å². The predicted molar refractivity (Wildman–Crippen MR) is 116 cm³/mol. The lowest BCUT2D eigenvalue weighted by atomic mass is 9.97. The van der Waals surface area contributed by atoms with E-state index in [9.17, 15) is 4.79 Å². The molecule has 0 fully saturated rings. The third-order valence-corrected chi connectivity index (χ3v) is 7.35. The molecule has 1 aliphatic carbocycles. The standard InChI is InChI=1S/C22H24N2OS2/c1-15(2)14-26-22-23-20-19(17-10-6-7-11-18(17)27-20)21(25)24(22)13-12-16-8-4-3-5-9-16/h3-5,8-9H,1,6-7,10-14H2,2H3. The Morgan fingerprint density at radius 3 is 2.81 bits per heavy atom. The maximum absolute atomic E-state index is 13.4. The molecule has 27 heavy (non-hydrogen) atoms. The van der Waals surface area contributed by atoms with Crippen molar-refractivity contribution in [3.63, 3.8) is 0 Å². The molecular formula is C22H24N2OS2. The molecule has 0 saturated heterocycles. The van der Waals surface area contributed by atoms with Crippen molar-refractivity contribution >= 4 is 33.3 Å². The Morgan fingerprint density at radius 1 is 1.26 bits per heavy atom. The molecule has 1 aromatic carbocycles. The SMILES string of the molecule is C=C(C)CSc1nc2sc3c(c2c(=O)n1CCc1ccccc1)CCCC3. The van der Waals surface area contributed by atoms with Gasteiger partial charge in [0.25, 0.3) is 5.56 Å². The molecule has 5 heteroatoms. The van der Waals surface area contributed by atoms with Crippen LogP contribution in [0.2, 0.25) is 0 Å². The summed E-state index contributed by atoms with van der Waals surface area (Å²) < 4.78 is 1.89. The fourth-order valence-electron chi connectivity index (χ4n) is 3.60. The zero-order chi connectivity index (χ0) is 18.8. The lowest BCUT2D eigenvalue weighted by Crippen LogP contribution is -2.25. The number of fused-ring (bicyclic) bond motifs is 3. The molecule has 4 rings (SSSR count). The lowest BCUT2D eigenvalue weighted by molar-refractivity contribution is 0.595. The Hall–Kier alpha value is -1.85. The van der Waals surface area contributed by atoms with Gasteiger partial charge in [0.2, 0.25) is 0 Å². The van der Waals surface area contributed by atoms with E-state index >= 15 is 0 Å². The summed E-state index contributed by atoms with van der Waals surface area (Å²) in [6.45, 7) is 6.68. The fraction of sp³-hybridized carbons (Fsp3) is 0.364. The van der Waals surface area contributed by atoms with E-state index < -0.39 is 0 Å². The molecule has 0 atom stereocenters. The normalized spacial score (nSPS) is 13.7. The Balaban J connectivity index is 1.77. The summed E-state index contributed by atoms with van der Waals surface area (Å²) in [6.07, 6.45) is 5.34. The first-order chi connectivity index (χ1) is 13.1. The molecule has 0 amide bonds. The second kappa shape index (κ2) is 8.03. The first-order valence-corrected chi connectivity index (χ1v) is 11.3. The lowest BCUT2D eigenvalue weighted by Gasteiger charge is -2.13. The number of aryl methyl sites for hydroxylation is 3. The van der Waals surface area contributed by atoms with Gasteiger partial charge in [-0.3, -0.25) is 9.36 Å². The van der Waals surface area contributed by atoms with Crippen molar-refractivity contribution in [2.24, 2.45) is 0 Å². The van der Waals surface area contributed by atoms with Crippen LogP contribution >= 0.6 is 23.1 Å². The van der Waals surface area contributed by atoms with Gasteiger partial charge in [0.1, 0.15) is 4.83 Å². The highest BCUT2D eigenvalue weighted by atomic mass is 32.2. The van der Waals surface area contributed by atoms with Gasteiger partial charge in [-0.2, -0.15) is 0 Å². The number of hydrogen-bond acceptors (Lipinski definition) is 4. The summed E-state index contributed by atoms with van der Waals surface area (Å²) >= 11 is 3.35. The third-order valence-electron chi connectivity index (χ3n) is 4.95. The average molecular weight is 397 g/mol. The van der Waals surface area contributed by atoms with E-state index in [0.717, 1.165) is 46.0 Å². The molecule has 0 spiro atoms. The van der Waals surface area contributed by atoms with E-state index in [-0.39, 0.29) is 5.56 Å². The van der Waals surface area contributed by atoms with Crippen LogP contribution in [0.15, 0.2) is 52.4 Å². The molecular weight excluding hydrogens is 372 g/mol. The monoisotopic (exact) mass is 396 g/mol. The van der Waals surface area contributed by atoms with E-state index in [0.29, 0.717) is 6.54 Å². The number of rotatable bonds is 6. The van der Waals surface area contributed by atoms with Crippen molar-refractivity contribution in [1.29, 1.82) is 0 Å². The van der Waals surface area contributed by atoms with E-state index in [1.165, 1.54) is 28.8 Å². The molecule has 0 N–H and O–H groups in total. The van der Waals surface area contributed by atoms with Gasteiger partial charge < -0.3 is 0 Å². The zero-order valence-corrected chi connectivity index (χ0v) is 17.3. The number of thioether (sulfide) groups is 1. The van der Waals surface area contributed by atoms with E-state index in [4.69, 9.17) is 4.98 Å². The number of thiophene rings is 1. The second-order valence-electron chi connectivity index (χ2n) is 7.22. The molecule has 0 bridgehead atoms. The number of benzene rings is 1. The fourth-order valence-corrected chi connectivity index (χ4v) is 5.77. The summed E-state index contributed by atoms with van der Waals surface area (Å²) in [4.78, 5) is 20.7. The van der Waals surface area contributed by atoms with Crippen molar-refractivity contribution in [1.82, 2.24) is 9.55 Å². The van der Waals surface area contributed by atoms with Crippen LogP contribution in [0.1, 0.15) is 35.8 Å². The zero-order valence-electron chi connectivity index (χ0n) is 15.7. The highest BCUT2D eigenvalue weighted by molar-refractivity contribution is 7.99. The van der Waals surface area contributed by atoms with E-state index in [1.54, 1.807) is 23.1 Å². The van der Waals surface area contributed by atoms with Crippen LogP contribution in [0.4, 0.5) is 0 Å². The first kappa shape index (κ1) is 18.5. The summed E-state index contributed by atoms with van der Waals surface area (Å²) in [5.74, 6) is 0.786. The van der Waals surface area contributed by atoms with E-state index in [2.05, 4.69) is 18.7 Å². The van der Waals surface area contributed by atoms with Gasteiger partial charge in [-0.05, 0) is 50.2 Å². The second-order valence-corrected chi connectivity index (χ2v) is 9.25. The topological polar surface area (TPSA) is 34.9 Å². The van der Waals surface area contributed by atoms with Crippen LogP contribution < -0.4 is 5.56 Å². The van der Waals surface area contributed by atoms with E-state index in [1.807, 2.05) is 29.7 Å². The number of nitrogens with zero attached hydrogens (tertiary/aromatic N) is 2. The Kier molecular flexibility index (Phi) is 5.50. The summed E-state index contributed by atoms with van der Waals surface area (Å²) in [5.41, 5.74) is 3.74. The first-order valence-electron chi connectivity index (χ1n) is 9.49. The summed E-state index contributed by atoms with van der Waals surface area (Å²) in [7, 11) is 0. The highest BCUT2D eigenvalue weighted by Gasteiger charge is 2.22. The molecule has 2 heterocycles. The van der Waals surface area contributed by atoms with Crippen LogP contribution in [-0.2, 0) is 25.8 Å². The summed E-state index contributed by atoms with van der Waals surface area (Å²) in [5, 5.41) is 1.70. The minimum absolute atomic E-state index is 0.138. The van der Waals surface area contributed by atoms with Crippen LogP contribution in [0.25, 0.3) is 10.2 Å². The minimum atomic E-state index is 0.138. The van der Waals surface area contributed by atoms with Crippen molar-refractivity contribution in [2.45, 2.75) is 50.7 Å². The molecule has 0 aliphatic heterocycles. The third kappa shape index (κ3) is 3.90. The van der Waals surface area contributed by atoms with Crippen molar-refractivity contribution < 1.29 is 0 Å². The molecule has 0 unspecified atom stereocenters. The van der Waals surface area contributed by atoms with Crippen molar-refractivity contribution in [3.8, 4) is 0 Å². The minimum Gasteiger partial charge on any atom is -0.287 e.